The van der Waals surface area contributed by atoms with Crippen LogP contribution < -0.4 is 4.74 Å². The number of oxime groups is 1. The molecule has 3 rings (SSSR count). The van der Waals surface area contributed by atoms with Crippen molar-refractivity contribution in [3.63, 3.8) is 0 Å². The molecular weight excluding hydrogens is 354 g/mol. The van der Waals surface area contributed by atoms with E-state index >= 15 is 0 Å². The van der Waals surface area contributed by atoms with Gasteiger partial charge in [-0.05, 0) is 47.4 Å². The second kappa shape index (κ2) is 9.37. The molecule has 0 saturated carbocycles. The summed E-state index contributed by atoms with van der Waals surface area (Å²) in [6.07, 6.45) is 1.49. The van der Waals surface area contributed by atoms with Gasteiger partial charge >= 0.3 is 5.97 Å². The average molecular weight is 375 g/mol. The van der Waals surface area contributed by atoms with Gasteiger partial charge in [0.15, 0.2) is 0 Å². The Labute approximate surface area is 163 Å². The number of nitrogens with zero attached hydrogens (tertiary/aromatic N) is 1. The molecule has 0 fully saturated rings. The van der Waals surface area contributed by atoms with Crippen molar-refractivity contribution >= 4 is 12.2 Å². The molecule has 0 aliphatic carbocycles. The molecule has 0 saturated heterocycles. The predicted molar refractivity (Wildman–Crippen MR) is 109 cm³/mol. The Kier molecular flexibility index (Phi) is 6.41. The van der Waals surface area contributed by atoms with Crippen LogP contribution in [-0.2, 0) is 16.2 Å². The molecule has 0 aliphatic rings. The molecular formula is C23H21NO4. The number of carboxylic acid groups (broad SMARTS) is 1. The zero-order valence-corrected chi connectivity index (χ0v) is 15.5. The molecule has 0 radical (unpaired) electrons. The molecule has 3 aromatic rings. The molecule has 1 N–H and O–H groups in total. The number of aryl methyl sites for hydroxylation is 1. The fourth-order valence-electron chi connectivity index (χ4n) is 2.70. The molecule has 0 atom stereocenters. The van der Waals surface area contributed by atoms with Crippen LogP contribution >= 0.6 is 0 Å². The van der Waals surface area contributed by atoms with Crippen LogP contribution in [0.25, 0.3) is 11.1 Å². The maximum atomic E-state index is 10.4. The van der Waals surface area contributed by atoms with Crippen LogP contribution in [0.4, 0.5) is 0 Å². The van der Waals surface area contributed by atoms with Crippen LogP contribution in [-0.4, -0.2) is 23.9 Å². The van der Waals surface area contributed by atoms with Gasteiger partial charge in [0.05, 0.1) is 6.21 Å². The first-order valence-corrected chi connectivity index (χ1v) is 8.86. The predicted octanol–water partition coefficient (Wildman–Crippen LogP) is 4.68. The summed E-state index contributed by atoms with van der Waals surface area (Å²) in [5.74, 6) is -0.249. The van der Waals surface area contributed by atoms with Crippen molar-refractivity contribution in [3.8, 4) is 16.9 Å². The molecule has 5 heteroatoms. The summed E-state index contributed by atoms with van der Waals surface area (Å²) in [6.45, 7) is 2.14. The Morgan fingerprint density at radius 1 is 1.00 bits per heavy atom. The molecule has 5 nitrogen and oxygen atoms in total. The minimum absolute atomic E-state index is 0.458. The van der Waals surface area contributed by atoms with Crippen molar-refractivity contribution in [3.05, 3.63) is 89.5 Å². The summed E-state index contributed by atoms with van der Waals surface area (Å²) < 4.78 is 5.86. The van der Waals surface area contributed by atoms with Crippen LogP contribution in [0.5, 0.6) is 5.75 Å². The van der Waals surface area contributed by atoms with E-state index in [4.69, 9.17) is 9.84 Å². The molecule has 142 valence electrons. The third-order valence-corrected chi connectivity index (χ3v) is 4.03. The highest BCUT2D eigenvalue weighted by molar-refractivity contribution is 5.82. The topological polar surface area (TPSA) is 68.1 Å². The summed E-state index contributed by atoms with van der Waals surface area (Å²) in [5.41, 5.74) is 5.24. The fourth-order valence-corrected chi connectivity index (χ4v) is 2.70. The van der Waals surface area contributed by atoms with E-state index in [9.17, 15) is 4.79 Å². The summed E-state index contributed by atoms with van der Waals surface area (Å²) in [6, 6.07) is 23.9. The van der Waals surface area contributed by atoms with Crippen LogP contribution in [0.2, 0.25) is 0 Å². The van der Waals surface area contributed by atoms with Crippen molar-refractivity contribution in [2.24, 2.45) is 5.16 Å². The van der Waals surface area contributed by atoms with E-state index in [1.165, 1.54) is 11.8 Å². The second-order valence-corrected chi connectivity index (χ2v) is 6.33. The number of carbonyl (C=O) groups is 1. The Morgan fingerprint density at radius 2 is 1.79 bits per heavy atom. The quantitative estimate of drug-likeness (QED) is 0.459. The summed E-state index contributed by atoms with van der Waals surface area (Å²) >= 11 is 0. The Morgan fingerprint density at radius 3 is 2.54 bits per heavy atom. The van der Waals surface area contributed by atoms with E-state index in [1.54, 1.807) is 0 Å². The molecule has 0 aromatic heterocycles. The zero-order chi connectivity index (χ0) is 19.8. The summed E-state index contributed by atoms with van der Waals surface area (Å²) in [4.78, 5) is 15.1. The van der Waals surface area contributed by atoms with E-state index in [0.717, 1.165) is 28.0 Å². The normalized spacial score (nSPS) is 10.8. The maximum Gasteiger partial charge on any atom is 0.344 e. The van der Waals surface area contributed by atoms with Gasteiger partial charge in [0.2, 0.25) is 6.61 Å². The Hall–Kier alpha value is -3.60. The molecule has 0 amide bonds. The first-order valence-electron chi connectivity index (χ1n) is 8.86. The highest BCUT2D eigenvalue weighted by Crippen LogP contribution is 2.23. The largest absolute Gasteiger partial charge is 0.489 e. The van der Waals surface area contributed by atoms with Crippen molar-refractivity contribution < 1.29 is 19.5 Å². The fraction of sp³-hybridized carbons (Fsp3) is 0.130. The van der Waals surface area contributed by atoms with E-state index in [-0.39, 0.29) is 0 Å². The minimum atomic E-state index is -1.06. The number of hydrogen-bond acceptors (Lipinski definition) is 4. The zero-order valence-electron chi connectivity index (χ0n) is 15.5. The smallest absolute Gasteiger partial charge is 0.344 e. The van der Waals surface area contributed by atoms with E-state index in [2.05, 4.69) is 35.1 Å². The number of benzene rings is 3. The van der Waals surface area contributed by atoms with Gasteiger partial charge in [-0.3, -0.25) is 0 Å². The number of ether oxygens (including phenoxy) is 1. The number of carboxylic acids is 1. The standard InChI is InChI=1S/C23H21NO4/c1-17-4-2-6-19(12-17)15-27-22-10-8-20(9-11-22)21-7-3-5-18(13-21)14-24-28-16-23(25)26/h2-14H,15-16H2,1H3,(H,25,26)/b24-14+. The average Bonchev–Trinajstić information content (AvgIpc) is 2.70. The highest BCUT2D eigenvalue weighted by Gasteiger charge is 2.01. The lowest BCUT2D eigenvalue weighted by Gasteiger charge is -2.08. The Balaban J connectivity index is 1.63. The third kappa shape index (κ3) is 5.71. The molecule has 0 unspecified atom stereocenters. The lowest BCUT2D eigenvalue weighted by molar-refractivity contribution is -0.142. The monoisotopic (exact) mass is 375 g/mol. The first kappa shape index (κ1) is 19.2. The van der Waals surface area contributed by atoms with E-state index in [0.29, 0.717) is 6.61 Å². The van der Waals surface area contributed by atoms with Crippen molar-refractivity contribution in [1.29, 1.82) is 0 Å². The molecule has 0 heterocycles. The van der Waals surface area contributed by atoms with Gasteiger partial charge in [0.1, 0.15) is 12.4 Å². The summed E-state index contributed by atoms with van der Waals surface area (Å²) in [7, 11) is 0. The molecule has 28 heavy (non-hydrogen) atoms. The SMILES string of the molecule is Cc1cccc(COc2ccc(-c3cccc(/C=N/OCC(=O)O)c3)cc2)c1. The highest BCUT2D eigenvalue weighted by atomic mass is 16.6. The van der Waals surface area contributed by atoms with Gasteiger partial charge in [-0.25, -0.2) is 4.79 Å². The number of aliphatic carboxylic acids is 1. The molecule has 3 aromatic carbocycles. The van der Waals surface area contributed by atoms with Crippen molar-refractivity contribution in [2.75, 3.05) is 6.61 Å². The van der Waals surface area contributed by atoms with Gasteiger partial charge in [-0.2, -0.15) is 0 Å². The van der Waals surface area contributed by atoms with Gasteiger partial charge < -0.3 is 14.7 Å². The van der Waals surface area contributed by atoms with Gasteiger partial charge in [-0.15, -0.1) is 0 Å². The van der Waals surface area contributed by atoms with Crippen molar-refractivity contribution in [2.45, 2.75) is 13.5 Å². The van der Waals surface area contributed by atoms with Gasteiger partial charge in [0.25, 0.3) is 0 Å². The second-order valence-electron chi connectivity index (χ2n) is 6.33. The van der Waals surface area contributed by atoms with E-state index < -0.39 is 12.6 Å². The van der Waals surface area contributed by atoms with Crippen LogP contribution in [0.1, 0.15) is 16.7 Å². The lowest BCUT2D eigenvalue weighted by Crippen LogP contribution is -2.03. The van der Waals surface area contributed by atoms with Crippen molar-refractivity contribution in [1.82, 2.24) is 0 Å². The van der Waals surface area contributed by atoms with Crippen LogP contribution in [0.15, 0.2) is 78.0 Å². The Bertz CT molecular complexity index is 964. The molecule has 0 bridgehead atoms. The number of hydrogen-bond donors (Lipinski definition) is 1. The maximum absolute atomic E-state index is 10.4. The summed E-state index contributed by atoms with van der Waals surface area (Å²) in [5, 5.41) is 12.2. The van der Waals surface area contributed by atoms with Crippen LogP contribution in [0.3, 0.4) is 0 Å². The first-order chi connectivity index (χ1) is 13.6. The minimum Gasteiger partial charge on any atom is -0.489 e. The third-order valence-electron chi connectivity index (χ3n) is 4.03. The van der Waals surface area contributed by atoms with Gasteiger partial charge in [-0.1, -0.05) is 65.3 Å². The van der Waals surface area contributed by atoms with Gasteiger partial charge in [0, 0.05) is 0 Å². The van der Waals surface area contributed by atoms with E-state index in [1.807, 2.05) is 54.6 Å². The lowest BCUT2D eigenvalue weighted by atomic mass is 10.0. The van der Waals surface area contributed by atoms with Crippen LogP contribution in [0, 0.1) is 6.92 Å². The molecule has 0 aliphatic heterocycles. The number of rotatable bonds is 8. The molecule has 0 spiro atoms.